The molecule has 1 heterocycles. The van der Waals surface area contributed by atoms with Crippen molar-refractivity contribution in [3.8, 4) is 17.0 Å². The van der Waals surface area contributed by atoms with Crippen LogP contribution in [0.4, 0.5) is 5.13 Å². The largest absolute Gasteiger partial charge is 0.496 e. The number of amides is 1. The van der Waals surface area contributed by atoms with Crippen molar-refractivity contribution in [2.45, 2.75) is 13.0 Å². The first-order chi connectivity index (χ1) is 13.1. The lowest BCUT2D eigenvalue weighted by molar-refractivity contribution is -0.123. The molecule has 0 radical (unpaired) electrons. The minimum absolute atomic E-state index is 0.264. The number of anilines is 1. The van der Waals surface area contributed by atoms with Crippen LogP contribution in [0, 0.1) is 0 Å². The highest BCUT2D eigenvalue weighted by molar-refractivity contribution is 7.14. The Bertz CT molecular complexity index is 940. The molecule has 3 aromatic rings. The summed E-state index contributed by atoms with van der Waals surface area (Å²) in [7, 11) is 1.47. The third-order valence-corrected chi connectivity index (χ3v) is 4.54. The van der Waals surface area contributed by atoms with Crippen LogP contribution in [0.3, 0.4) is 0 Å². The number of rotatable bonds is 6. The zero-order valence-electron chi connectivity index (χ0n) is 14.8. The van der Waals surface area contributed by atoms with Gasteiger partial charge in [0, 0.05) is 10.9 Å². The van der Waals surface area contributed by atoms with Crippen molar-refractivity contribution in [2.75, 3.05) is 12.4 Å². The first-order valence-electron chi connectivity index (χ1n) is 8.24. The van der Waals surface area contributed by atoms with E-state index in [1.165, 1.54) is 25.4 Å². The Morgan fingerprint density at radius 3 is 2.52 bits per heavy atom. The Hall–Kier alpha value is -3.19. The highest BCUT2D eigenvalue weighted by Gasteiger charge is 2.22. The van der Waals surface area contributed by atoms with Gasteiger partial charge in [-0.15, -0.1) is 11.3 Å². The molecule has 0 saturated carbocycles. The standard InChI is InChI=1S/C20H18N2O4S/c1-13(26-19(24)15-10-6-7-11-17(15)25-2)18(23)22-20-21-16(12-27-20)14-8-4-3-5-9-14/h3-13H,1-2H3,(H,21,22,23)/t13-/m0/s1. The van der Waals surface area contributed by atoms with E-state index in [1.54, 1.807) is 24.3 Å². The number of thiazole rings is 1. The maximum absolute atomic E-state index is 12.3. The van der Waals surface area contributed by atoms with Crippen LogP contribution in [0.2, 0.25) is 0 Å². The fourth-order valence-corrected chi connectivity index (χ4v) is 3.09. The Kier molecular flexibility index (Phi) is 5.83. The molecule has 0 unspecified atom stereocenters. The molecule has 0 aliphatic heterocycles. The number of carbonyl (C=O) groups is 2. The molecule has 138 valence electrons. The van der Waals surface area contributed by atoms with E-state index in [0.717, 1.165) is 11.3 Å². The zero-order valence-corrected chi connectivity index (χ0v) is 15.7. The zero-order chi connectivity index (χ0) is 19.2. The summed E-state index contributed by atoms with van der Waals surface area (Å²) in [6, 6.07) is 16.3. The lowest BCUT2D eigenvalue weighted by atomic mass is 10.2. The number of methoxy groups -OCH3 is 1. The van der Waals surface area contributed by atoms with Crippen molar-refractivity contribution >= 4 is 28.3 Å². The van der Waals surface area contributed by atoms with E-state index >= 15 is 0 Å². The van der Waals surface area contributed by atoms with Gasteiger partial charge in [0.2, 0.25) is 0 Å². The Balaban J connectivity index is 1.63. The molecule has 27 heavy (non-hydrogen) atoms. The molecule has 0 saturated heterocycles. The van der Waals surface area contributed by atoms with Gasteiger partial charge in [0.25, 0.3) is 5.91 Å². The molecule has 1 atom stereocenters. The van der Waals surface area contributed by atoms with Gasteiger partial charge in [0.15, 0.2) is 11.2 Å². The molecule has 0 spiro atoms. The molecule has 1 N–H and O–H groups in total. The first kappa shape index (κ1) is 18.6. The number of hydrogen-bond acceptors (Lipinski definition) is 6. The summed E-state index contributed by atoms with van der Waals surface area (Å²) in [6.45, 7) is 1.51. The van der Waals surface area contributed by atoms with Crippen LogP contribution in [0.5, 0.6) is 5.75 Å². The van der Waals surface area contributed by atoms with E-state index in [4.69, 9.17) is 9.47 Å². The predicted molar refractivity (Wildman–Crippen MR) is 104 cm³/mol. The minimum atomic E-state index is -0.980. The van der Waals surface area contributed by atoms with Crippen LogP contribution in [0.1, 0.15) is 17.3 Å². The molecule has 0 aliphatic rings. The summed E-state index contributed by atoms with van der Waals surface area (Å²) in [5.41, 5.74) is 2.00. The average molecular weight is 382 g/mol. The van der Waals surface area contributed by atoms with Crippen LogP contribution in [0.15, 0.2) is 60.0 Å². The topological polar surface area (TPSA) is 77.5 Å². The van der Waals surface area contributed by atoms with Gasteiger partial charge in [-0.1, -0.05) is 42.5 Å². The summed E-state index contributed by atoms with van der Waals surface area (Å²) in [5.74, 6) is -0.686. The summed E-state index contributed by atoms with van der Waals surface area (Å²) < 4.78 is 10.4. The maximum Gasteiger partial charge on any atom is 0.342 e. The third-order valence-electron chi connectivity index (χ3n) is 3.78. The van der Waals surface area contributed by atoms with Gasteiger partial charge in [-0.05, 0) is 19.1 Å². The molecule has 1 aromatic heterocycles. The molecular formula is C20H18N2O4S. The quantitative estimate of drug-likeness (QED) is 0.652. The van der Waals surface area contributed by atoms with Crippen molar-refractivity contribution in [1.82, 2.24) is 4.98 Å². The van der Waals surface area contributed by atoms with E-state index < -0.39 is 18.0 Å². The smallest absolute Gasteiger partial charge is 0.342 e. The number of esters is 1. The van der Waals surface area contributed by atoms with Crippen LogP contribution in [0.25, 0.3) is 11.3 Å². The lowest BCUT2D eigenvalue weighted by Crippen LogP contribution is -2.30. The van der Waals surface area contributed by atoms with Crippen LogP contribution >= 0.6 is 11.3 Å². The lowest BCUT2D eigenvalue weighted by Gasteiger charge is -2.13. The molecule has 0 fully saturated rings. The van der Waals surface area contributed by atoms with Crippen molar-refractivity contribution in [1.29, 1.82) is 0 Å². The van der Waals surface area contributed by atoms with Crippen LogP contribution < -0.4 is 10.1 Å². The fraction of sp³-hybridized carbons (Fsp3) is 0.150. The average Bonchev–Trinajstić information content (AvgIpc) is 3.17. The van der Waals surface area contributed by atoms with Gasteiger partial charge in [-0.2, -0.15) is 0 Å². The van der Waals surface area contributed by atoms with Crippen molar-refractivity contribution in [2.24, 2.45) is 0 Å². The Morgan fingerprint density at radius 2 is 1.78 bits per heavy atom. The van der Waals surface area contributed by atoms with E-state index in [9.17, 15) is 9.59 Å². The summed E-state index contributed by atoms with van der Waals surface area (Å²) in [6.07, 6.45) is -0.980. The molecule has 1 amide bonds. The monoisotopic (exact) mass is 382 g/mol. The number of carbonyl (C=O) groups excluding carboxylic acids is 2. The molecule has 0 aliphatic carbocycles. The third kappa shape index (κ3) is 4.51. The molecular weight excluding hydrogens is 364 g/mol. The van der Waals surface area contributed by atoms with E-state index in [2.05, 4.69) is 10.3 Å². The van der Waals surface area contributed by atoms with Crippen LogP contribution in [-0.4, -0.2) is 30.1 Å². The SMILES string of the molecule is COc1ccccc1C(=O)O[C@@H](C)C(=O)Nc1nc(-c2ccccc2)cs1. The molecule has 0 bridgehead atoms. The first-order valence-corrected chi connectivity index (χ1v) is 9.12. The van der Waals surface area contributed by atoms with Crippen molar-refractivity contribution in [3.05, 3.63) is 65.5 Å². The second-order valence-electron chi connectivity index (χ2n) is 5.64. The Labute approximate surface area is 160 Å². The summed E-state index contributed by atoms with van der Waals surface area (Å²) in [4.78, 5) is 29.0. The number of ether oxygens (including phenoxy) is 2. The fourth-order valence-electron chi connectivity index (χ4n) is 2.37. The number of nitrogens with one attached hydrogen (secondary N) is 1. The number of nitrogens with zero attached hydrogens (tertiary/aromatic N) is 1. The van der Waals surface area contributed by atoms with Gasteiger partial charge in [-0.3, -0.25) is 10.1 Å². The number of para-hydroxylation sites is 1. The molecule has 6 nitrogen and oxygen atoms in total. The van der Waals surface area contributed by atoms with Crippen molar-refractivity contribution < 1.29 is 19.1 Å². The van der Waals surface area contributed by atoms with E-state index in [-0.39, 0.29) is 5.56 Å². The number of benzene rings is 2. The normalized spacial score (nSPS) is 11.5. The second kappa shape index (κ2) is 8.46. The van der Waals surface area contributed by atoms with Gasteiger partial charge in [-0.25, -0.2) is 9.78 Å². The van der Waals surface area contributed by atoms with Crippen LogP contribution in [-0.2, 0) is 9.53 Å². The molecule has 7 heteroatoms. The van der Waals surface area contributed by atoms with Gasteiger partial charge in [0.1, 0.15) is 11.3 Å². The Morgan fingerprint density at radius 1 is 1.07 bits per heavy atom. The van der Waals surface area contributed by atoms with Gasteiger partial charge >= 0.3 is 5.97 Å². The minimum Gasteiger partial charge on any atom is -0.496 e. The number of hydrogen-bond donors (Lipinski definition) is 1. The molecule has 2 aromatic carbocycles. The highest BCUT2D eigenvalue weighted by Crippen LogP contribution is 2.25. The highest BCUT2D eigenvalue weighted by atomic mass is 32.1. The second-order valence-corrected chi connectivity index (χ2v) is 6.50. The summed E-state index contributed by atoms with van der Waals surface area (Å²) in [5, 5.41) is 4.98. The predicted octanol–water partition coefficient (Wildman–Crippen LogP) is 4.00. The van der Waals surface area contributed by atoms with E-state index in [1.807, 2.05) is 35.7 Å². The molecule has 3 rings (SSSR count). The van der Waals surface area contributed by atoms with Gasteiger partial charge < -0.3 is 9.47 Å². The van der Waals surface area contributed by atoms with E-state index in [0.29, 0.717) is 10.9 Å². The maximum atomic E-state index is 12.3. The number of aromatic nitrogens is 1. The van der Waals surface area contributed by atoms with Gasteiger partial charge in [0.05, 0.1) is 12.8 Å². The van der Waals surface area contributed by atoms with Crippen molar-refractivity contribution in [3.63, 3.8) is 0 Å². The summed E-state index contributed by atoms with van der Waals surface area (Å²) >= 11 is 1.31.